The number of rotatable bonds is 6. The van der Waals surface area contributed by atoms with Crippen molar-refractivity contribution in [2.45, 2.75) is 57.5 Å². The Morgan fingerprint density at radius 1 is 0.919 bits per heavy atom. The number of hydrogen-bond acceptors (Lipinski definition) is 5. The number of anilines is 1. The molecule has 3 aliphatic rings. The summed E-state index contributed by atoms with van der Waals surface area (Å²) in [5, 5.41) is 8.21. The molecule has 2 aromatic heterocycles. The molecule has 1 N–H and O–H groups in total. The zero-order chi connectivity index (χ0) is 25.2. The van der Waals surface area contributed by atoms with Gasteiger partial charge in [-0.05, 0) is 81.0 Å². The van der Waals surface area contributed by atoms with Crippen LogP contribution in [0.4, 0.5) is 5.82 Å². The van der Waals surface area contributed by atoms with E-state index < -0.39 is 0 Å². The van der Waals surface area contributed by atoms with E-state index in [2.05, 4.69) is 64.8 Å². The lowest BCUT2D eigenvalue weighted by atomic mass is 9.75. The molecule has 6 rings (SSSR count). The van der Waals surface area contributed by atoms with Crippen LogP contribution in [0, 0.1) is 11.8 Å². The van der Waals surface area contributed by atoms with Crippen molar-refractivity contribution in [2.24, 2.45) is 23.9 Å². The average molecular weight is 496 g/mol. The van der Waals surface area contributed by atoms with Crippen LogP contribution in [-0.2, 0) is 11.8 Å². The molecule has 0 bridgehead atoms. The first-order valence-corrected chi connectivity index (χ1v) is 13.8. The molecule has 2 aliphatic heterocycles. The molecule has 0 spiro atoms. The van der Waals surface area contributed by atoms with Crippen molar-refractivity contribution in [1.82, 2.24) is 14.8 Å². The van der Waals surface area contributed by atoms with Crippen LogP contribution in [0.25, 0.3) is 28.0 Å². The number of pyridine rings is 1. The zero-order valence-corrected chi connectivity index (χ0v) is 21.9. The van der Waals surface area contributed by atoms with Crippen LogP contribution in [0.2, 0.25) is 0 Å². The lowest BCUT2D eigenvalue weighted by Crippen LogP contribution is -2.32. The van der Waals surface area contributed by atoms with E-state index in [0.717, 1.165) is 64.4 Å². The minimum atomic E-state index is 0.216. The normalized spacial score (nSPS) is 24.3. The summed E-state index contributed by atoms with van der Waals surface area (Å²) in [7, 11) is 1.95. The van der Waals surface area contributed by atoms with E-state index in [9.17, 15) is 0 Å². The second kappa shape index (κ2) is 10.6. The number of nitrogens with zero attached hydrogens (tertiary/aromatic N) is 4. The Morgan fingerprint density at radius 3 is 2.43 bits per heavy atom. The first kappa shape index (κ1) is 24.1. The average Bonchev–Trinajstić information content (AvgIpc) is 3.58. The van der Waals surface area contributed by atoms with Crippen LogP contribution in [0.3, 0.4) is 0 Å². The maximum atomic E-state index is 5.60. The van der Waals surface area contributed by atoms with Gasteiger partial charge in [0.25, 0.3) is 0 Å². The molecule has 2 fully saturated rings. The Morgan fingerprint density at radius 2 is 1.70 bits per heavy atom. The van der Waals surface area contributed by atoms with Crippen molar-refractivity contribution in [3.63, 3.8) is 0 Å². The quantitative estimate of drug-likeness (QED) is 0.430. The molecule has 1 saturated carbocycles. The molecule has 1 aliphatic carbocycles. The van der Waals surface area contributed by atoms with Crippen LogP contribution in [0.15, 0.2) is 59.9 Å². The van der Waals surface area contributed by atoms with Gasteiger partial charge in [-0.25, -0.2) is 4.98 Å². The summed E-state index contributed by atoms with van der Waals surface area (Å²) < 4.78 is 7.44. The third-order valence-corrected chi connectivity index (χ3v) is 8.32. The van der Waals surface area contributed by atoms with Crippen LogP contribution in [0.1, 0.15) is 51.0 Å². The first-order chi connectivity index (χ1) is 18.1. The molecule has 0 radical (unpaired) electrons. The van der Waals surface area contributed by atoms with Crippen molar-refractivity contribution < 1.29 is 4.74 Å². The Hall–Kier alpha value is -3.25. The number of aliphatic imine (C=N–C) groups is 1. The fourth-order valence-electron chi connectivity index (χ4n) is 6.21. The lowest BCUT2D eigenvalue weighted by Gasteiger charge is -2.36. The van der Waals surface area contributed by atoms with Gasteiger partial charge in [-0.2, -0.15) is 5.10 Å². The van der Waals surface area contributed by atoms with Gasteiger partial charge in [-0.15, -0.1) is 0 Å². The van der Waals surface area contributed by atoms with Gasteiger partial charge in [0.05, 0.1) is 17.9 Å². The van der Waals surface area contributed by atoms with Crippen LogP contribution in [0.5, 0.6) is 0 Å². The lowest BCUT2D eigenvalue weighted by molar-refractivity contribution is 0.0384. The number of hydrogen-bond donors (Lipinski definition) is 1. The summed E-state index contributed by atoms with van der Waals surface area (Å²) in [4.78, 5) is 9.78. The molecule has 6 nitrogen and oxygen atoms in total. The van der Waals surface area contributed by atoms with Gasteiger partial charge in [-0.1, -0.05) is 24.3 Å². The zero-order valence-electron chi connectivity index (χ0n) is 21.9. The number of aryl methyl sites for hydroxylation is 1. The summed E-state index contributed by atoms with van der Waals surface area (Å²) >= 11 is 0. The molecule has 1 aromatic carbocycles. The standard InChI is InChI=1S/C31H37N5O/c1-21-16-26(18-32-21)29-10-11-30(25-5-3-4-24(17-25)27-19-33-36(2)20-27)35-31(29)34-28-8-6-22(7-9-28)23-12-14-37-15-13-23/h3-5,10-11,16-23,28H,6-9,12-15H2,1-2H3,(H,34,35)/t21?,22-,28+. The number of ether oxygens (including phenoxy) is 1. The molecule has 1 saturated heterocycles. The Kier molecular flexibility index (Phi) is 6.92. The smallest absolute Gasteiger partial charge is 0.134 e. The Balaban J connectivity index is 1.25. The second-order valence-electron chi connectivity index (χ2n) is 10.9. The summed E-state index contributed by atoms with van der Waals surface area (Å²) in [6.45, 7) is 4.01. The van der Waals surface area contributed by atoms with Crippen molar-refractivity contribution >= 4 is 17.6 Å². The fourth-order valence-corrected chi connectivity index (χ4v) is 6.21. The summed E-state index contributed by atoms with van der Waals surface area (Å²) in [5.74, 6) is 2.67. The maximum absolute atomic E-state index is 5.60. The van der Waals surface area contributed by atoms with Gasteiger partial charge in [-0.3, -0.25) is 9.67 Å². The second-order valence-corrected chi connectivity index (χ2v) is 10.9. The number of nitrogens with one attached hydrogen (secondary N) is 1. The number of benzene rings is 1. The van der Waals surface area contributed by atoms with Crippen molar-refractivity contribution in [1.29, 1.82) is 0 Å². The van der Waals surface area contributed by atoms with E-state index in [4.69, 9.17) is 9.72 Å². The third kappa shape index (κ3) is 5.40. The highest BCUT2D eigenvalue weighted by atomic mass is 16.5. The minimum absolute atomic E-state index is 0.216. The van der Waals surface area contributed by atoms with E-state index in [-0.39, 0.29) is 6.04 Å². The van der Waals surface area contributed by atoms with E-state index >= 15 is 0 Å². The molecule has 4 heterocycles. The van der Waals surface area contributed by atoms with Gasteiger partial charge >= 0.3 is 0 Å². The minimum Gasteiger partial charge on any atom is -0.381 e. The van der Waals surface area contributed by atoms with Crippen LogP contribution >= 0.6 is 0 Å². The van der Waals surface area contributed by atoms with Gasteiger partial charge in [0, 0.05) is 61.0 Å². The number of aromatic nitrogens is 3. The third-order valence-electron chi connectivity index (χ3n) is 8.32. The van der Waals surface area contributed by atoms with E-state index in [0.29, 0.717) is 6.04 Å². The number of allylic oxidation sites excluding steroid dienone is 1. The summed E-state index contributed by atoms with van der Waals surface area (Å²) in [6, 6.07) is 13.6. The molecule has 3 aromatic rings. The molecule has 0 amide bonds. The molecular formula is C31H37N5O. The van der Waals surface area contributed by atoms with Gasteiger partial charge < -0.3 is 10.1 Å². The highest BCUT2D eigenvalue weighted by Gasteiger charge is 2.29. The molecule has 1 atom stereocenters. The summed E-state index contributed by atoms with van der Waals surface area (Å²) in [6.07, 6.45) is 15.7. The predicted molar refractivity (Wildman–Crippen MR) is 151 cm³/mol. The van der Waals surface area contributed by atoms with Crippen LogP contribution in [-0.4, -0.2) is 46.3 Å². The van der Waals surface area contributed by atoms with Crippen molar-refractivity contribution in [2.75, 3.05) is 18.5 Å². The van der Waals surface area contributed by atoms with Crippen molar-refractivity contribution in [3.8, 4) is 22.4 Å². The maximum Gasteiger partial charge on any atom is 0.134 e. The van der Waals surface area contributed by atoms with Crippen molar-refractivity contribution in [3.05, 3.63) is 60.4 Å². The van der Waals surface area contributed by atoms with Gasteiger partial charge in [0.1, 0.15) is 5.82 Å². The molecule has 37 heavy (non-hydrogen) atoms. The van der Waals surface area contributed by atoms with Gasteiger partial charge in [0.2, 0.25) is 0 Å². The Bertz CT molecular complexity index is 1290. The summed E-state index contributed by atoms with van der Waals surface area (Å²) in [5.41, 5.74) is 6.66. The molecule has 1 unspecified atom stereocenters. The van der Waals surface area contributed by atoms with Crippen LogP contribution < -0.4 is 5.32 Å². The van der Waals surface area contributed by atoms with E-state index in [1.165, 1.54) is 38.5 Å². The molecule has 6 heteroatoms. The van der Waals surface area contributed by atoms with Gasteiger partial charge in [0.15, 0.2) is 0 Å². The molecular weight excluding hydrogens is 458 g/mol. The monoisotopic (exact) mass is 495 g/mol. The fraction of sp³-hybridized carbons (Fsp3) is 0.452. The largest absolute Gasteiger partial charge is 0.381 e. The highest BCUT2D eigenvalue weighted by molar-refractivity contribution is 6.13. The predicted octanol–water partition coefficient (Wildman–Crippen LogP) is 6.40. The topological polar surface area (TPSA) is 64.3 Å². The van der Waals surface area contributed by atoms with E-state index in [1.807, 2.05) is 30.3 Å². The first-order valence-electron chi connectivity index (χ1n) is 13.8. The SMILES string of the molecule is CC1C=C(c2ccc(-c3cccc(-c4cnn(C)c4)c3)nc2N[C@H]2CC[C@@H](C3CCOCC3)CC2)C=N1. The highest BCUT2D eigenvalue weighted by Crippen LogP contribution is 2.37. The Labute approximate surface area is 219 Å². The van der Waals surface area contributed by atoms with E-state index in [1.54, 1.807) is 0 Å². The molecule has 192 valence electrons.